The Labute approximate surface area is 247 Å². The van der Waals surface area contributed by atoms with E-state index in [-0.39, 0.29) is 30.7 Å². The molecule has 0 spiro atoms. The lowest BCUT2D eigenvalue weighted by atomic mass is 9.77. The molecule has 4 aromatic carbocycles. The predicted octanol–water partition coefficient (Wildman–Crippen LogP) is 6.68. The van der Waals surface area contributed by atoms with Gasteiger partial charge in [-0.1, -0.05) is 103 Å². The van der Waals surface area contributed by atoms with Gasteiger partial charge in [-0.25, -0.2) is 4.79 Å². The summed E-state index contributed by atoms with van der Waals surface area (Å²) in [5, 5.41) is 0. The highest BCUT2D eigenvalue weighted by atomic mass is 16.6. The van der Waals surface area contributed by atoms with Gasteiger partial charge in [-0.3, -0.25) is 4.79 Å². The number of hydrogen-bond donors (Lipinski definition) is 0. The Morgan fingerprint density at radius 3 is 1.62 bits per heavy atom. The fourth-order valence-electron chi connectivity index (χ4n) is 5.30. The second-order valence-corrected chi connectivity index (χ2v) is 10.4. The molecule has 0 unspecified atom stereocenters. The molecule has 0 bridgehead atoms. The molecule has 0 saturated heterocycles. The van der Waals surface area contributed by atoms with E-state index in [1.165, 1.54) is 0 Å². The van der Waals surface area contributed by atoms with Gasteiger partial charge in [-0.05, 0) is 41.3 Å². The first-order chi connectivity index (χ1) is 20.6. The van der Waals surface area contributed by atoms with Crippen LogP contribution in [0.4, 0.5) is 0 Å². The maximum absolute atomic E-state index is 13.8. The van der Waals surface area contributed by atoms with E-state index in [2.05, 4.69) is 0 Å². The second-order valence-electron chi connectivity index (χ2n) is 10.4. The molecule has 0 radical (unpaired) electrons. The smallest absolute Gasteiger partial charge is 0.338 e. The van der Waals surface area contributed by atoms with E-state index in [0.29, 0.717) is 25.4 Å². The van der Waals surface area contributed by atoms with Crippen LogP contribution >= 0.6 is 0 Å². The van der Waals surface area contributed by atoms with Crippen LogP contribution in [0.15, 0.2) is 115 Å². The fourth-order valence-corrected chi connectivity index (χ4v) is 5.30. The van der Waals surface area contributed by atoms with Crippen molar-refractivity contribution in [2.24, 2.45) is 0 Å². The van der Waals surface area contributed by atoms with Crippen molar-refractivity contribution in [1.29, 1.82) is 0 Å². The quantitative estimate of drug-likeness (QED) is 0.179. The molecule has 1 saturated carbocycles. The molecule has 0 heterocycles. The van der Waals surface area contributed by atoms with E-state index in [9.17, 15) is 9.59 Å². The van der Waals surface area contributed by atoms with Crippen LogP contribution < -0.4 is 0 Å². The first kappa shape index (κ1) is 29.4. The van der Waals surface area contributed by atoms with Crippen LogP contribution in [-0.4, -0.2) is 36.7 Å². The lowest BCUT2D eigenvalue weighted by molar-refractivity contribution is -0.183. The van der Waals surface area contributed by atoms with Crippen molar-refractivity contribution >= 4 is 11.8 Å². The molecule has 1 fully saturated rings. The van der Waals surface area contributed by atoms with Crippen molar-refractivity contribution in [2.75, 3.05) is 6.61 Å². The van der Waals surface area contributed by atoms with Crippen molar-refractivity contribution < 1.29 is 28.5 Å². The third-order valence-corrected chi connectivity index (χ3v) is 7.45. The van der Waals surface area contributed by atoms with Crippen molar-refractivity contribution in [3.05, 3.63) is 143 Å². The van der Waals surface area contributed by atoms with Gasteiger partial charge in [-0.2, -0.15) is 0 Å². The number of ketones is 1. The van der Waals surface area contributed by atoms with Crippen LogP contribution in [0.1, 0.15) is 51.9 Å². The molecule has 4 atom stereocenters. The van der Waals surface area contributed by atoms with Gasteiger partial charge in [0.25, 0.3) is 0 Å². The number of benzene rings is 4. The fraction of sp³-hybridized carbons (Fsp3) is 0.278. The molecular weight excluding hydrogens is 528 g/mol. The molecular formula is C36H36O6. The third kappa shape index (κ3) is 7.59. The van der Waals surface area contributed by atoms with Crippen LogP contribution in [-0.2, 0) is 43.6 Å². The van der Waals surface area contributed by atoms with E-state index in [0.717, 1.165) is 22.3 Å². The zero-order chi connectivity index (χ0) is 29.1. The van der Waals surface area contributed by atoms with Gasteiger partial charge in [0.15, 0.2) is 5.78 Å². The summed E-state index contributed by atoms with van der Waals surface area (Å²) in [5.74, 6) is -0.711. The molecule has 1 aliphatic rings. The van der Waals surface area contributed by atoms with Gasteiger partial charge >= 0.3 is 5.97 Å². The van der Waals surface area contributed by atoms with Gasteiger partial charge in [0.05, 0.1) is 38.1 Å². The lowest BCUT2D eigenvalue weighted by Gasteiger charge is -2.41. The number of ether oxygens (including phenoxy) is 4. The maximum Gasteiger partial charge on any atom is 0.338 e. The largest absolute Gasteiger partial charge is 0.462 e. The first-order valence-electron chi connectivity index (χ1n) is 14.4. The van der Waals surface area contributed by atoms with Crippen molar-refractivity contribution in [1.82, 2.24) is 0 Å². The van der Waals surface area contributed by atoms with Gasteiger partial charge in [0.1, 0.15) is 12.2 Å². The predicted molar refractivity (Wildman–Crippen MR) is 160 cm³/mol. The van der Waals surface area contributed by atoms with E-state index in [1.54, 1.807) is 19.1 Å². The van der Waals surface area contributed by atoms with Gasteiger partial charge < -0.3 is 18.9 Å². The number of esters is 1. The summed E-state index contributed by atoms with van der Waals surface area (Å²) in [6.07, 6.45) is -1.72. The van der Waals surface area contributed by atoms with Gasteiger partial charge in [0, 0.05) is 12.3 Å². The summed E-state index contributed by atoms with van der Waals surface area (Å²) in [7, 11) is 0. The molecule has 0 amide bonds. The molecule has 0 N–H and O–H groups in total. The molecule has 6 heteroatoms. The highest BCUT2D eigenvalue weighted by Gasteiger charge is 2.47. The average Bonchev–Trinajstić information content (AvgIpc) is 3.04. The van der Waals surface area contributed by atoms with Crippen molar-refractivity contribution in [2.45, 2.75) is 57.4 Å². The number of Topliss-reactive ketones (excluding diaryl/α,β-unsaturated/α-hetero) is 1. The highest BCUT2D eigenvalue weighted by Crippen LogP contribution is 2.38. The number of hydrogen-bond acceptors (Lipinski definition) is 6. The number of carbonyl (C=O) groups excluding carboxylic acids is 2. The monoisotopic (exact) mass is 564 g/mol. The summed E-state index contributed by atoms with van der Waals surface area (Å²) >= 11 is 0. The molecule has 0 aromatic heterocycles. The summed E-state index contributed by atoms with van der Waals surface area (Å²) < 4.78 is 24.6. The van der Waals surface area contributed by atoms with Gasteiger partial charge in [0.2, 0.25) is 0 Å². The van der Waals surface area contributed by atoms with E-state index in [4.69, 9.17) is 18.9 Å². The van der Waals surface area contributed by atoms with Crippen LogP contribution in [0.5, 0.6) is 0 Å². The Hall–Kier alpha value is -4.10. The van der Waals surface area contributed by atoms with E-state index >= 15 is 0 Å². The maximum atomic E-state index is 13.8. The number of carbonyl (C=O) groups is 2. The third-order valence-electron chi connectivity index (χ3n) is 7.45. The highest BCUT2D eigenvalue weighted by molar-refractivity contribution is 5.89. The Morgan fingerprint density at radius 2 is 1.12 bits per heavy atom. The van der Waals surface area contributed by atoms with Crippen molar-refractivity contribution in [3.63, 3.8) is 0 Å². The Balaban J connectivity index is 1.46. The van der Waals surface area contributed by atoms with E-state index in [1.807, 2.05) is 103 Å². The average molecular weight is 565 g/mol. The molecule has 5 rings (SSSR count). The standard InChI is InChI=1S/C36H36O6/c1-2-39-36(38)30-20-18-29(19-21-30)31-22-32(37)34(41-24-27-14-8-4-9-15-27)35(42-25-28-16-10-5-11-17-28)33(31)40-23-26-12-6-3-7-13-26/h3-21,31,33-35H,2,22-25H2,1H3/t31-,33-,34+,35+/m0/s1. The van der Waals surface area contributed by atoms with E-state index < -0.39 is 18.3 Å². The topological polar surface area (TPSA) is 71.1 Å². The first-order valence-corrected chi connectivity index (χ1v) is 14.4. The van der Waals surface area contributed by atoms with Crippen LogP contribution in [0, 0.1) is 0 Å². The summed E-state index contributed by atoms with van der Waals surface area (Å²) in [6, 6.07) is 36.9. The molecule has 6 nitrogen and oxygen atoms in total. The van der Waals surface area contributed by atoms with Crippen LogP contribution in [0.2, 0.25) is 0 Å². The Bertz CT molecular complexity index is 1410. The molecule has 0 aliphatic heterocycles. The second kappa shape index (κ2) is 14.7. The lowest BCUT2D eigenvalue weighted by Crippen LogP contribution is -2.54. The molecule has 216 valence electrons. The minimum absolute atomic E-state index is 0.0389. The normalized spacial score (nSPS) is 20.3. The summed E-state index contributed by atoms with van der Waals surface area (Å²) in [6.45, 7) is 3.03. The Kier molecular flexibility index (Phi) is 10.3. The zero-order valence-corrected chi connectivity index (χ0v) is 23.8. The van der Waals surface area contributed by atoms with Crippen molar-refractivity contribution in [3.8, 4) is 0 Å². The number of rotatable bonds is 12. The zero-order valence-electron chi connectivity index (χ0n) is 23.8. The molecule has 1 aliphatic carbocycles. The van der Waals surface area contributed by atoms with Gasteiger partial charge in [-0.15, -0.1) is 0 Å². The molecule has 42 heavy (non-hydrogen) atoms. The minimum Gasteiger partial charge on any atom is -0.462 e. The van der Waals surface area contributed by atoms with Crippen LogP contribution in [0.25, 0.3) is 0 Å². The Morgan fingerprint density at radius 1 is 0.643 bits per heavy atom. The minimum atomic E-state index is -0.801. The summed E-state index contributed by atoms with van der Waals surface area (Å²) in [4.78, 5) is 26.0. The molecule has 4 aromatic rings. The summed E-state index contributed by atoms with van der Waals surface area (Å²) in [5.41, 5.74) is 4.35. The SMILES string of the molecule is CCOC(=O)c1ccc([C@@H]2CC(=O)[C@@H](OCc3ccccc3)[C@H](OCc3ccccc3)[C@H]2OCc2ccccc2)cc1. The van der Waals surface area contributed by atoms with Crippen LogP contribution in [0.3, 0.4) is 0 Å².